The van der Waals surface area contributed by atoms with Crippen molar-refractivity contribution in [3.63, 3.8) is 0 Å². The van der Waals surface area contributed by atoms with Crippen molar-refractivity contribution in [2.45, 2.75) is 97.4 Å². The van der Waals surface area contributed by atoms with Crippen molar-refractivity contribution in [3.05, 3.63) is 140 Å². The number of anilines is 1. The van der Waals surface area contributed by atoms with Gasteiger partial charge >= 0.3 is 5.97 Å². The van der Waals surface area contributed by atoms with E-state index in [4.69, 9.17) is 59.2 Å². The van der Waals surface area contributed by atoms with Crippen LogP contribution in [-0.2, 0) is 33.2 Å². The zero-order valence-corrected chi connectivity index (χ0v) is 43.4. The second-order valence-corrected chi connectivity index (χ2v) is 28.8. The van der Waals surface area contributed by atoms with Crippen LogP contribution >= 0.6 is 34.8 Å². The Labute approximate surface area is 399 Å². The molecular weight excluding hydrogens is 921 g/mol. The highest BCUT2D eigenvalue weighted by atomic mass is 35.5. The molecule has 0 amide bonds. The highest BCUT2D eigenvalue weighted by Gasteiger charge is 2.37. The Kier molecular flexibility index (Phi) is 20.5. The number of halogens is 3. The van der Waals surface area contributed by atoms with Crippen molar-refractivity contribution < 1.29 is 28.3 Å². The maximum Gasteiger partial charge on any atom is 0.338 e. The summed E-state index contributed by atoms with van der Waals surface area (Å²) in [6.45, 7) is 24.4. The number of carboxylic acid groups (broad SMARTS) is 1. The molecule has 3 N–H and O–H groups in total. The predicted octanol–water partition coefficient (Wildman–Crippen LogP) is 12.1. The summed E-state index contributed by atoms with van der Waals surface area (Å²) >= 11 is 16.1. The van der Waals surface area contributed by atoms with Gasteiger partial charge in [0, 0.05) is 50.0 Å². The van der Waals surface area contributed by atoms with Crippen LogP contribution in [0.4, 0.5) is 5.69 Å². The summed E-state index contributed by atoms with van der Waals surface area (Å²) in [7, 11) is -1.76. The Balaban J connectivity index is 0.000000256. The monoisotopic (exact) mass is 981 g/mol. The topological polar surface area (TPSA) is 169 Å². The van der Waals surface area contributed by atoms with Gasteiger partial charge in [-0.25, -0.2) is 14.8 Å². The summed E-state index contributed by atoms with van der Waals surface area (Å²) < 4.78 is 19.4. The molecule has 0 bridgehead atoms. The standard InChI is InChI=1S/C22H30N2O3Si.C14H25NOSi.C6H3Cl2NO.C6H4ClNO2/c1-22(2,3)28(5,6)27-13-11-16-9-10-19-18(14-16)20-17(8-7-12-23-20)21(25)24(19)15-26-4;1-14(2,3)17(4,5)16-11-10-12-6-8-13(15)9-7-12;7-5-4(6(8)10)2-1-3-9-5;7-5-4(6(9)10)2-1-3-8-5/h7-10,12,14H,11,13,15H2,1-6H3;6-9H,10-11,15H2,1-5H3;1-3H;1-3H,(H,9,10). The van der Waals surface area contributed by atoms with E-state index in [1.54, 1.807) is 30.0 Å². The smallest absolute Gasteiger partial charge is 0.338 e. The van der Waals surface area contributed by atoms with Gasteiger partial charge in [-0.15, -0.1) is 0 Å². The highest BCUT2D eigenvalue weighted by Crippen LogP contribution is 2.37. The second kappa shape index (κ2) is 24.3. The van der Waals surface area contributed by atoms with E-state index in [1.165, 1.54) is 41.7 Å². The van der Waals surface area contributed by atoms with Crippen molar-refractivity contribution in [1.29, 1.82) is 0 Å². The van der Waals surface area contributed by atoms with Crippen molar-refractivity contribution in [1.82, 2.24) is 19.5 Å². The van der Waals surface area contributed by atoms with Gasteiger partial charge in [0.2, 0.25) is 0 Å². The number of hydrogen-bond donors (Lipinski definition) is 2. The van der Waals surface area contributed by atoms with Crippen molar-refractivity contribution in [3.8, 4) is 0 Å². The van der Waals surface area contributed by atoms with Gasteiger partial charge in [-0.05, 0) is 132 Å². The summed E-state index contributed by atoms with van der Waals surface area (Å²) in [6, 6.07) is 23.9. The molecule has 0 aliphatic rings. The van der Waals surface area contributed by atoms with Crippen LogP contribution in [0.2, 0.25) is 46.6 Å². The average molecular weight is 984 g/mol. The van der Waals surface area contributed by atoms with Crippen LogP contribution in [0.15, 0.2) is 102 Å². The quantitative estimate of drug-likeness (QED) is 0.0393. The van der Waals surface area contributed by atoms with Gasteiger partial charge in [-0.3, -0.25) is 19.1 Å². The second-order valence-electron chi connectivity index (χ2n) is 18.1. The van der Waals surface area contributed by atoms with Gasteiger partial charge < -0.3 is 24.4 Å². The minimum Gasteiger partial charge on any atom is -0.478 e. The van der Waals surface area contributed by atoms with Crippen molar-refractivity contribution in [2.24, 2.45) is 0 Å². The van der Waals surface area contributed by atoms with Gasteiger partial charge in [0.05, 0.1) is 27.5 Å². The number of carboxylic acids is 1. The van der Waals surface area contributed by atoms with E-state index in [-0.39, 0.29) is 43.8 Å². The third kappa shape index (κ3) is 16.1. The molecule has 12 nitrogen and oxygen atoms in total. The minimum absolute atomic E-state index is 0.0231. The third-order valence-electron chi connectivity index (χ3n) is 11.4. The summed E-state index contributed by atoms with van der Waals surface area (Å²) in [4.78, 5) is 45.4. The Morgan fingerprint density at radius 2 is 1.18 bits per heavy atom. The number of pyridine rings is 4. The number of fused-ring (bicyclic) bond motifs is 3. The zero-order valence-electron chi connectivity index (χ0n) is 39.2. The number of methoxy groups -OCH3 is 1. The normalized spacial score (nSPS) is 11.7. The molecule has 0 atom stereocenters. The lowest BCUT2D eigenvalue weighted by atomic mass is 10.1. The fourth-order valence-corrected chi connectivity index (χ4v) is 8.21. The Hall–Kier alpha value is -4.52. The van der Waals surface area contributed by atoms with Gasteiger partial charge in [-0.1, -0.05) is 82.9 Å². The fourth-order valence-electron chi connectivity index (χ4n) is 5.51. The molecule has 0 saturated heterocycles. The van der Waals surface area contributed by atoms with E-state index in [9.17, 15) is 14.4 Å². The molecule has 350 valence electrons. The van der Waals surface area contributed by atoms with Gasteiger partial charge in [0.1, 0.15) is 17.0 Å². The molecule has 6 aromatic rings. The van der Waals surface area contributed by atoms with E-state index in [0.29, 0.717) is 12.0 Å². The van der Waals surface area contributed by atoms with Crippen LogP contribution in [0, 0.1) is 0 Å². The molecule has 0 saturated carbocycles. The number of nitrogen functional groups attached to an aromatic ring is 1. The molecule has 0 aliphatic carbocycles. The van der Waals surface area contributed by atoms with Gasteiger partial charge in [-0.2, -0.15) is 0 Å². The van der Waals surface area contributed by atoms with Crippen molar-refractivity contribution in [2.75, 3.05) is 26.1 Å². The molecule has 6 rings (SSSR count). The summed E-state index contributed by atoms with van der Waals surface area (Å²) in [6.07, 6.45) is 6.46. The maximum absolute atomic E-state index is 12.8. The highest BCUT2D eigenvalue weighted by molar-refractivity contribution is 6.74. The number of hydrogen-bond acceptors (Lipinski definition) is 10. The van der Waals surface area contributed by atoms with Crippen LogP contribution in [0.3, 0.4) is 0 Å². The molecule has 17 heteroatoms. The van der Waals surface area contributed by atoms with Crippen LogP contribution in [0.25, 0.3) is 21.8 Å². The largest absolute Gasteiger partial charge is 0.478 e. The molecule has 0 aliphatic heterocycles. The number of aromatic nitrogens is 4. The lowest BCUT2D eigenvalue weighted by molar-refractivity contribution is 0.0696. The molecule has 4 aromatic heterocycles. The van der Waals surface area contributed by atoms with E-state index in [1.807, 2.05) is 24.3 Å². The first-order valence-corrected chi connectivity index (χ1v) is 27.9. The number of carbonyl (C=O) groups is 2. The average Bonchev–Trinajstić information content (AvgIpc) is 3.23. The molecule has 0 radical (unpaired) electrons. The zero-order chi connectivity index (χ0) is 48.8. The fraction of sp³-hybridized carbons (Fsp3) is 0.375. The van der Waals surface area contributed by atoms with Crippen molar-refractivity contribution >= 4 is 90.1 Å². The summed E-state index contributed by atoms with van der Waals surface area (Å²) in [5, 5.41) is 10.1. The lowest BCUT2D eigenvalue weighted by Gasteiger charge is -2.36. The molecule has 0 fully saturated rings. The molecule has 2 aromatic carbocycles. The molecular formula is C48H62Cl3N5O7Si2. The van der Waals surface area contributed by atoms with E-state index >= 15 is 0 Å². The maximum atomic E-state index is 12.8. The third-order valence-corrected chi connectivity index (χ3v) is 21.3. The Morgan fingerprint density at radius 3 is 1.63 bits per heavy atom. The van der Waals surface area contributed by atoms with Crippen LogP contribution in [0.5, 0.6) is 0 Å². The molecule has 4 heterocycles. The first-order valence-electron chi connectivity index (χ1n) is 21.0. The van der Waals surface area contributed by atoms with Crippen LogP contribution in [0.1, 0.15) is 73.4 Å². The number of aromatic carboxylic acids is 1. The number of benzene rings is 2. The van der Waals surface area contributed by atoms with E-state index in [0.717, 1.165) is 41.6 Å². The number of rotatable bonds is 12. The van der Waals surface area contributed by atoms with Crippen LogP contribution < -0.4 is 11.3 Å². The number of nitrogens with two attached hydrogens (primary N) is 1. The molecule has 0 unspecified atom stereocenters. The Morgan fingerprint density at radius 1 is 0.708 bits per heavy atom. The number of nitrogens with zero attached hydrogens (tertiary/aromatic N) is 4. The number of ether oxygens (including phenoxy) is 1. The first kappa shape index (κ1) is 54.8. The Bertz CT molecular complexity index is 2520. The first-order chi connectivity index (χ1) is 30.3. The van der Waals surface area contributed by atoms with Gasteiger partial charge in [0.25, 0.3) is 10.8 Å². The molecule has 65 heavy (non-hydrogen) atoms. The van der Waals surface area contributed by atoms with Crippen LogP contribution in [-0.4, -0.2) is 72.8 Å². The van der Waals surface area contributed by atoms with E-state index in [2.05, 4.69) is 107 Å². The van der Waals surface area contributed by atoms with Gasteiger partial charge in [0.15, 0.2) is 16.6 Å². The predicted molar refractivity (Wildman–Crippen MR) is 271 cm³/mol. The summed E-state index contributed by atoms with van der Waals surface area (Å²) in [5.41, 5.74) is 10.7. The minimum atomic E-state index is -1.76. The summed E-state index contributed by atoms with van der Waals surface area (Å²) in [5.74, 6) is -1.06. The molecule has 0 spiro atoms. The lowest BCUT2D eigenvalue weighted by Crippen LogP contribution is -2.41. The number of carbonyl (C=O) groups excluding carboxylic acids is 1. The van der Waals surface area contributed by atoms with E-state index < -0.39 is 27.8 Å². The SMILES string of the molecule is CC(C)(C)[Si](C)(C)OCCc1ccc(N)cc1.COCn1c(=O)c2cccnc2c2cc(CCO[Si](C)(C)C(C)(C)C)ccc21.O=C(Cl)c1cccnc1Cl.O=C(O)c1cccnc1Cl.